The van der Waals surface area contributed by atoms with Crippen molar-refractivity contribution >= 4 is 0 Å². The van der Waals surface area contributed by atoms with Crippen molar-refractivity contribution in [2.24, 2.45) is 5.92 Å². The average molecular weight is 152 g/mol. The zero-order chi connectivity index (χ0) is 8.53. The first-order valence-corrected chi connectivity index (χ1v) is 4.54. The first kappa shape index (κ1) is 10.7. The van der Waals surface area contributed by atoms with Crippen molar-refractivity contribution < 1.29 is 0 Å². The molecule has 64 valence electrons. The number of unbranched alkanes of at least 4 members (excludes halogenated alkanes) is 1. The Kier molecular flexibility index (Phi) is 7.66. The fourth-order valence-corrected chi connectivity index (χ4v) is 1.06. The summed E-state index contributed by atoms with van der Waals surface area (Å²) in [6.07, 6.45) is 10.1. The summed E-state index contributed by atoms with van der Waals surface area (Å²) in [4.78, 5) is 0. The molecule has 2 radical (unpaired) electrons. The molecule has 11 heavy (non-hydrogen) atoms. The smallest absolute Gasteiger partial charge is 0.0325 e. The maximum atomic E-state index is 3.83. The summed E-state index contributed by atoms with van der Waals surface area (Å²) in [5.41, 5.74) is 0. The summed E-state index contributed by atoms with van der Waals surface area (Å²) in [5.74, 6) is 0.819. The van der Waals surface area contributed by atoms with Crippen LogP contribution in [0.3, 0.4) is 0 Å². The molecule has 0 heterocycles. The van der Waals surface area contributed by atoms with Gasteiger partial charge in [0.2, 0.25) is 0 Å². The van der Waals surface area contributed by atoms with Crippen LogP contribution in [0.5, 0.6) is 0 Å². The van der Waals surface area contributed by atoms with Gasteiger partial charge in [0.25, 0.3) is 0 Å². The van der Waals surface area contributed by atoms with Gasteiger partial charge in [-0.1, -0.05) is 45.3 Å². The topological polar surface area (TPSA) is 0 Å². The Labute approximate surface area is 71.7 Å². The van der Waals surface area contributed by atoms with E-state index in [9.17, 15) is 0 Å². The van der Waals surface area contributed by atoms with E-state index in [1.54, 1.807) is 0 Å². The molecule has 0 rings (SSSR count). The molecule has 0 aliphatic carbocycles. The highest BCUT2D eigenvalue weighted by atomic mass is 14.0. The van der Waals surface area contributed by atoms with Gasteiger partial charge in [0.05, 0.1) is 0 Å². The van der Waals surface area contributed by atoms with Gasteiger partial charge >= 0.3 is 0 Å². The van der Waals surface area contributed by atoms with Crippen molar-refractivity contribution in [3.8, 4) is 0 Å². The SMILES string of the molecule is [CH2]CC=CCC(C)CCC[CH2]. The first-order valence-electron chi connectivity index (χ1n) is 4.54. The lowest BCUT2D eigenvalue weighted by Gasteiger charge is -2.05. The minimum Gasteiger partial charge on any atom is -0.0885 e. The van der Waals surface area contributed by atoms with Gasteiger partial charge in [-0.2, -0.15) is 0 Å². The maximum absolute atomic E-state index is 3.83. The van der Waals surface area contributed by atoms with Crippen molar-refractivity contribution in [2.45, 2.75) is 39.0 Å². The normalized spacial score (nSPS) is 14.1. The van der Waals surface area contributed by atoms with Crippen LogP contribution in [0.4, 0.5) is 0 Å². The van der Waals surface area contributed by atoms with Crippen LogP contribution in [0.1, 0.15) is 39.0 Å². The van der Waals surface area contributed by atoms with Crippen LogP contribution < -0.4 is 0 Å². The van der Waals surface area contributed by atoms with E-state index in [0.29, 0.717) is 0 Å². The van der Waals surface area contributed by atoms with Gasteiger partial charge in [0, 0.05) is 0 Å². The lowest BCUT2D eigenvalue weighted by molar-refractivity contribution is 0.518. The van der Waals surface area contributed by atoms with E-state index in [-0.39, 0.29) is 0 Å². The molecule has 0 nitrogen and oxygen atoms in total. The number of hydrogen-bond donors (Lipinski definition) is 0. The number of hydrogen-bond acceptors (Lipinski definition) is 0. The lowest BCUT2D eigenvalue weighted by Crippen LogP contribution is -1.91. The molecule has 0 saturated carbocycles. The molecular weight excluding hydrogens is 132 g/mol. The van der Waals surface area contributed by atoms with Crippen molar-refractivity contribution in [3.05, 3.63) is 26.0 Å². The second-order valence-electron chi connectivity index (χ2n) is 3.10. The van der Waals surface area contributed by atoms with E-state index in [4.69, 9.17) is 0 Å². The van der Waals surface area contributed by atoms with Crippen LogP contribution >= 0.6 is 0 Å². The summed E-state index contributed by atoms with van der Waals surface area (Å²) in [6, 6.07) is 0. The van der Waals surface area contributed by atoms with Crippen molar-refractivity contribution in [1.29, 1.82) is 0 Å². The number of rotatable bonds is 6. The minimum absolute atomic E-state index is 0.819. The molecule has 0 fully saturated rings. The largest absolute Gasteiger partial charge is 0.0885 e. The summed E-state index contributed by atoms with van der Waals surface area (Å²) >= 11 is 0. The van der Waals surface area contributed by atoms with E-state index >= 15 is 0 Å². The molecule has 0 heteroatoms. The van der Waals surface area contributed by atoms with Gasteiger partial charge in [-0.3, -0.25) is 0 Å². The standard InChI is InChI=1S/C11H20/c1-4-6-8-10-11(3)9-7-5-2/h6,8,11H,1-2,4-5,7,9-10H2,3H3. The Bertz CT molecular complexity index is 92.2. The van der Waals surface area contributed by atoms with Gasteiger partial charge in [0.15, 0.2) is 0 Å². The molecule has 0 bridgehead atoms. The fraction of sp³-hybridized carbons (Fsp3) is 0.636. The third-order valence-corrected chi connectivity index (χ3v) is 1.82. The van der Waals surface area contributed by atoms with Gasteiger partial charge in [-0.15, -0.1) is 0 Å². The Morgan fingerprint density at radius 1 is 1.27 bits per heavy atom. The highest BCUT2D eigenvalue weighted by Gasteiger charge is 1.96. The van der Waals surface area contributed by atoms with Crippen LogP contribution in [-0.4, -0.2) is 0 Å². The molecule has 0 amide bonds. The third kappa shape index (κ3) is 7.64. The minimum atomic E-state index is 0.819. The summed E-state index contributed by atoms with van der Waals surface area (Å²) in [5, 5.41) is 0. The molecule has 0 aromatic heterocycles. The highest BCUT2D eigenvalue weighted by Crippen LogP contribution is 2.11. The highest BCUT2D eigenvalue weighted by molar-refractivity contribution is 4.83. The number of allylic oxidation sites excluding steroid dienone is 2. The molecule has 0 spiro atoms. The molecule has 0 saturated heterocycles. The Morgan fingerprint density at radius 3 is 2.55 bits per heavy atom. The molecule has 1 unspecified atom stereocenters. The Hall–Kier alpha value is -0.260. The van der Waals surface area contributed by atoms with E-state index in [1.165, 1.54) is 19.3 Å². The summed E-state index contributed by atoms with van der Waals surface area (Å²) in [7, 11) is 0. The van der Waals surface area contributed by atoms with Crippen molar-refractivity contribution in [2.75, 3.05) is 0 Å². The molecule has 0 aliphatic heterocycles. The van der Waals surface area contributed by atoms with Crippen LogP contribution in [0, 0.1) is 19.8 Å². The molecule has 0 N–H and O–H groups in total. The van der Waals surface area contributed by atoms with E-state index < -0.39 is 0 Å². The average Bonchev–Trinajstić information content (AvgIpc) is 2.01. The quantitative estimate of drug-likeness (QED) is 0.508. The van der Waals surface area contributed by atoms with Crippen LogP contribution in [0.2, 0.25) is 0 Å². The molecular formula is C11H20. The predicted octanol–water partition coefficient (Wildman–Crippen LogP) is 3.80. The predicted molar refractivity (Wildman–Crippen MR) is 52.1 cm³/mol. The lowest BCUT2D eigenvalue weighted by atomic mass is 10.0. The second kappa shape index (κ2) is 7.84. The fourth-order valence-electron chi connectivity index (χ4n) is 1.06. The van der Waals surface area contributed by atoms with Crippen LogP contribution in [0.25, 0.3) is 0 Å². The Morgan fingerprint density at radius 2 is 2.00 bits per heavy atom. The summed E-state index contributed by atoms with van der Waals surface area (Å²) in [6.45, 7) is 9.87. The van der Waals surface area contributed by atoms with E-state index in [0.717, 1.165) is 18.8 Å². The van der Waals surface area contributed by atoms with Crippen molar-refractivity contribution in [3.63, 3.8) is 0 Å². The van der Waals surface area contributed by atoms with Crippen molar-refractivity contribution in [1.82, 2.24) is 0 Å². The van der Waals surface area contributed by atoms with E-state index in [2.05, 4.69) is 32.9 Å². The van der Waals surface area contributed by atoms with E-state index in [1.807, 2.05) is 0 Å². The molecule has 1 atom stereocenters. The monoisotopic (exact) mass is 152 g/mol. The summed E-state index contributed by atoms with van der Waals surface area (Å²) < 4.78 is 0. The maximum Gasteiger partial charge on any atom is -0.0325 e. The van der Waals surface area contributed by atoms with Gasteiger partial charge in [-0.25, -0.2) is 0 Å². The Balaban J connectivity index is 3.21. The van der Waals surface area contributed by atoms with Crippen LogP contribution in [0.15, 0.2) is 12.2 Å². The van der Waals surface area contributed by atoms with Gasteiger partial charge in [0.1, 0.15) is 0 Å². The molecule has 0 aromatic rings. The second-order valence-corrected chi connectivity index (χ2v) is 3.10. The first-order chi connectivity index (χ1) is 5.31. The zero-order valence-electron chi connectivity index (χ0n) is 7.68. The molecule has 0 aromatic carbocycles. The van der Waals surface area contributed by atoms with Gasteiger partial charge in [-0.05, 0) is 25.7 Å². The van der Waals surface area contributed by atoms with Crippen LogP contribution in [-0.2, 0) is 0 Å². The zero-order valence-corrected chi connectivity index (χ0v) is 7.68. The molecule has 0 aliphatic rings. The third-order valence-electron chi connectivity index (χ3n) is 1.82. The van der Waals surface area contributed by atoms with Gasteiger partial charge < -0.3 is 0 Å².